The SMILES string of the molecule is CCC1(CNc2nc(C)cc(C#N)n2)CC1. The van der Waals surface area contributed by atoms with Crippen molar-refractivity contribution in [3.8, 4) is 6.07 Å². The molecule has 1 N–H and O–H groups in total. The lowest BCUT2D eigenvalue weighted by molar-refractivity contribution is 0.519. The molecule has 16 heavy (non-hydrogen) atoms. The molecule has 0 radical (unpaired) electrons. The molecule has 0 aliphatic heterocycles. The minimum absolute atomic E-state index is 0.427. The van der Waals surface area contributed by atoms with Crippen LogP contribution in [0.4, 0.5) is 5.95 Å². The zero-order valence-electron chi connectivity index (χ0n) is 9.75. The molecule has 1 heterocycles. The largest absolute Gasteiger partial charge is 0.354 e. The molecule has 1 aromatic heterocycles. The third-order valence-electron chi connectivity index (χ3n) is 3.30. The molecule has 1 fully saturated rings. The molecule has 0 aromatic carbocycles. The molecule has 0 unspecified atom stereocenters. The highest BCUT2D eigenvalue weighted by atomic mass is 15.1. The third kappa shape index (κ3) is 2.30. The van der Waals surface area contributed by atoms with E-state index in [1.807, 2.05) is 13.0 Å². The Bertz CT molecular complexity index is 429. The van der Waals surface area contributed by atoms with Gasteiger partial charge in [0, 0.05) is 12.2 Å². The lowest BCUT2D eigenvalue weighted by Gasteiger charge is -2.13. The fraction of sp³-hybridized carbons (Fsp3) is 0.583. The number of nitriles is 1. The second-order valence-corrected chi connectivity index (χ2v) is 4.54. The molecule has 0 spiro atoms. The molecule has 1 aliphatic carbocycles. The van der Waals surface area contributed by atoms with Crippen LogP contribution in [0.1, 0.15) is 37.6 Å². The highest BCUT2D eigenvalue weighted by Crippen LogP contribution is 2.48. The number of nitrogens with one attached hydrogen (secondary N) is 1. The van der Waals surface area contributed by atoms with Gasteiger partial charge in [-0.15, -0.1) is 0 Å². The minimum atomic E-state index is 0.427. The van der Waals surface area contributed by atoms with Gasteiger partial charge >= 0.3 is 0 Å². The molecule has 0 saturated heterocycles. The molecule has 1 aromatic rings. The van der Waals surface area contributed by atoms with Crippen molar-refractivity contribution in [3.63, 3.8) is 0 Å². The number of aryl methyl sites for hydroxylation is 1. The molecular weight excluding hydrogens is 200 g/mol. The van der Waals surface area contributed by atoms with Crippen molar-refractivity contribution in [2.75, 3.05) is 11.9 Å². The van der Waals surface area contributed by atoms with Gasteiger partial charge in [0.25, 0.3) is 0 Å². The third-order valence-corrected chi connectivity index (χ3v) is 3.30. The molecule has 0 bridgehead atoms. The van der Waals surface area contributed by atoms with Gasteiger partial charge in [-0.1, -0.05) is 6.92 Å². The Morgan fingerprint density at radius 2 is 2.25 bits per heavy atom. The van der Waals surface area contributed by atoms with Gasteiger partial charge in [-0.25, -0.2) is 9.97 Å². The van der Waals surface area contributed by atoms with Gasteiger partial charge < -0.3 is 5.32 Å². The molecule has 1 aliphatic rings. The quantitative estimate of drug-likeness (QED) is 0.838. The lowest BCUT2D eigenvalue weighted by atomic mass is 10.0. The van der Waals surface area contributed by atoms with Gasteiger partial charge in [-0.05, 0) is 37.7 Å². The van der Waals surface area contributed by atoms with Crippen molar-refractivity contribution >= 4 is 5.95 Å². The minimum Gasteiger partial charge on any atom is -0.354 e. The van der Waals surface area contributed by atoms with E-state index in [2.05, 4.69) is 22.2 Å². The summed E-state index contributed by atoms with van der Waals surface area (Å²) < 4.78 is 0. The van der Waals surface area contributed by atoms with Crippen molar-refractivity contribution in [2.24, 2.45) is 5.41 Å². The maximum atomic E-state index is 8.81. The maximum Gasteiger partial charge on any atom is 0.224 e. The molecule has 0 atom stereocenters. The fourth-order valence-electron chi connectivity index (χ4n) is 1.80. The number of nitrogens with zero attached hydrogens (tertiary/aromatic N) is 3. The van der Waals surface area contributed by atoms with Gasteiger partial charge in [0.15, 0.2) is 0 Å². The number of anilines is 1. The summed E-state index contributed by atoms with van der Waals surface area (Å²) in [4.78, 5) is 8.41. The zero-order valence-corrected chi connectivity index (χ0v) is 9.75. The van der Waals surface area contributed by atoms with Crippen LogP contribution in [-0.2, 0) is 0 Å². The number of hydrogen-bond acceptors (Lipinski definition) is 4. The first-order valence-electron chi connectivity index (χ1n) is 5.67. The average Bonchev–Trinajstić information content (AvgIpc) is 3.06. The first kappa shape index (κ1) is 10.9. The van der Waals surface area contributed by atoms with E-state index in [1.165, 1.54) is 19.3 Å². The Hall–Kier alpha value is -1.63. The van der Waals surface area contributed by atoms with Crippen LogP contribution in [0.5, 0.6) is 0 Å². The van der Waals surface area contributed by atoms with E-state index in [4.69, 9.17) is 5.26 Å². The lowest BCUT2D eigenvalue weighted by Crippen LogP contribution is -2.16. The normalized spacial score (nSPS) is 16.6. The first-order valence-corrected chi connectivity index (χ1v) is 5.67. The van der Waals surface area contributed by atoms with E-state index in [0.29, 0.717) is 17.1 Å². The predicted molar refractivity (Wildman–Crippen MR) is 61.9 cm³/mol. The molecule has 4 nitrogen and oxygen atoms in total. The van der Waals surface area contributed by atoms with Crippen LogP contribution in [0, 0.1) is 23.7 Å². The van der Waals surface area contributed by atoms with E-state index in [-0.39, 0.29) is 0 Å². The second kappa shape index (κ2) is 4.09. The summed E-state index contributed by atoms with van der Waals surface area (Å²) in [5.74, 6) is 0.580. The highest BCUT2D eigenvalue weighted by molar-refractivity contribution is 5.33. The summed E-state index contributed by atoms with van der Waals surface area (Å²) in [6, 6.07) is 3.74. The summed E-state index contributed by atoms with van der Waals surface area (Å²) >= 11 is 0. The molecule has 84 valence electrons. The molecule has 2 rings (SSSR count). The Labute approximate surface area is 95.7 Å². The molecule has 0 amide bonds. The van der Waals surface area contributed by atoms with Crippen LogP contribution in [0.2, 0.25) is 0 Å². The van der Waals surface area contributed by atoms with Gasteiger partial charge in [0.1, 0.15) is 11.8 Å². The van der Waals surface area contributed by atoms with Gasteiger partial charge in [0.05, 0.1) is 0 Å². The Morgan fingerprint density at radius 3 is 2.81 bits per heavy atom. The van der Waals surface area contributed by atoms with Gasteiger partial charge in [0.2, 0.25) is 5.95 Å². The first-order chi connectivity index (χ1) is 7.67. The standard InChI is InChI=1S/C12H16N4/c1-3-12(4-5-12)8-14-11-15-9(2)6-10(7-13)16-11/h6H,3-5,8H2,1-2H3,(H,14,15,16). The van der Waals surface area contributed by atoms with E-state index >= 15 is 0 Å². The highest BCUT2D eigenvalue weighted by Gasteiger charge is 2.40. The smallest absolute Gasteiger partial charge is 0.224 e. The monoisotopic (exact) mass is 216 g/mol. The summed E-state index contributed by atoms with van der Waals surface area (Å²) in [7, 11) is 0. The van der Waals surface area contributed by atoms with Crippen molar-refractivity contribution < 1.29 is 0 Å². The zero-order chi connectivity index (χ0) is 11.6. The maximum absolute atomic E-state index is 8.81. The number of aromatic nitrogens is 2. The van der Waals surface area contributed by atoms with Gasteiger partial charge in [-0.3, -0.25) is 0 Å². The average molecular weight is 216 g/mol. The van der Waals surface area contributed by atoms with Crippen LogP contribution in [0.15, 0.2) is 6.07 Å². The van der Waals surface area contributed by atoms with Crippen molar-refractivity contribution in [1.82, 2.24) is 9.97 Å². The van der Waals surface area contributed by atoms with Crippen LogP contribution < -0.4 is 5.32 Å². The molecule has 4 heteroatoms. The van der Waals surface area contributed by atoms with E-state index < -0.39 is 0 Å². The van der Waals surface area contributed by atoms with Crippen LogP contribution in [-0.4, -0.2) is 16.5 Å². The van der Waals surface area contributed by atoms with E-state index in [1.54, 1.807) is 6.07 Å². The van der Waals surface area contributed by atoms with Crippen LogP contribution in [0.25, 0.3) is 0 Å². The summed E-state index contributed by atoms with van der Waals surface area (Å²) in [5, 5.41) is 12.0. The topological polar surface area (TPSA) is 61.6 Å². The van der Waals surface area contributed by atoms with Crippen LogP contribution in [0.3, 0.4) is 0 Å². The van der Waals surface area contributed by atoms with Crippen molar-refractivity contribution in [3.05, 3.63) is 17.5 Å². The van der Waals surface area contributed by atoms with Crippen LogP contribution >= 0.6 is 0 Å². The van der Waals surface area contributed by atoms with E-state index in [0.717, 1.165) is 12.2 Å². The van der Waals surface area contributed by atoms with Crippen molar-refractivity contribution in [1.29, 1.82) is 5.26 Å². The summed E-state index contributed by atoms with van der Waals surface area (Å²) in [6.45, 7) is 5.00. The molecule has 1 saturated carbocycles. The Balaban J connectivity index is 2.04. The number of hydrogen-bond donors (Lipinski definition) is 1. The Morgan fingerprint density at radius 1 is 1.50 bits per heavy atom. The summed E-state index contributed by atoms with van der Waals surface area (Å²) in [6.07, 6.45) is 3.76. The predicted octanol–water partition coefficient (Wildman–Crippen LogP) is 2.26. The summed E-state index contributed by atoms with van der Waals surface area (Å²) in [5.41, 5.74) is 1.71. The van der Waals surface area contributed by atoms with E-state index in [9.17, 15) is 0 Å². The second-order valence-electron chi connectivity index (χ2n) is 4.54. The number of rotatable bonds is 4. The van der Waals surface area contributed by atoms with Gasteiger partial charge in [-0.2, -0.15) is 5.26 Å². The molecular formula is C12H16N4. The fourth-order valence-corrected chi connectivity index (χ4v) is 1.80. The van der Waals surface area contributed by atoms with Crippen molar-refractivity contribution in [2.45, 2.75) is 33.1 Å². The Kier molecular flexibility index (Phi) is 2.78.